The highest BCUT2D eigenvalue weighted by Gasteiger charge is 2.20. The molecule has 2 heterocycles. The first-order chi connectivity index (χ1) is 15.7. The molecule has 0 radical (unpaired) electrons. The van der Waals surface area contributed by atoms with Crippen LogP contribution >= 0.6 is 11.6 Å². The van der Waals surface area contributed by atoms with Crippen molar-refractivity contribution in [3.8, 4) is 28.2 Å². The molecule has 6 nitrogen and oxygen atoms in total. The lowest BCUT2D eigenvalue weighted by molar-refractivity contribution is 0.102. The largest absolute Gasteiger partial charge is 0.431 e. The average Bonchev–Trinajstić information content (AvgIpc) is 3.48. The summed E-state index contributed by atoms with van der Waals surface area (Å²) in [5.41, 5.74) is 4.09. The number of nitrogens with zero attached hydrogens (tertiary/aromatic N) is 3. The molecule has 156 valence electrons. The van der Waals surface area contributed by atoms with Crippen molar-refractivity contribution in [3.63, 3.8) is 0 Å². The van der Waals surface area contributed by atoms with E-state index in [0.717, 1.165) is 16.8 Å². The van der Waals surface area contributed by atoms with Gasteiger partial charge in [-0.25, -0.2) is 4.68 Å². The van der Waals surface area contributed by atoms with E-state index >= 15 is 0 Å². The average molecular weight is 441 g/mol. The van der Waals surface area contributed by atoms with Crippen LogP contribution in [-0.2, 0) is 0 Å². The number of hydrogen-bond donors (Lipinski definition) is 1. The molecule has 0 aliphatic rings. The van der Waals surface area contributed by atoms with E-state index in [1.165, 1.54) is 6.26 Å². The van der Waals surface area contributed by atoms with E-state index in [1.807, 2.05) is 72.8 Å². The van der Waals surface area contributed by atoms with E-state index in [0.29, 0.717) is 22.0 Å². The van der Waals surface area contributed by atoms with E-state index in [9.17, 15) is 4.79 Å². The molecule has 3 aromatic carbocycles. The van der Waals surface area contributed by atoms with Gasteiger partial charge in [-0.3, -0.25) is 10.1 Å². The maximum Gasteiger partial charge on any atom is 0.302 e. The molecule has 0 aliphatic heterocycles. The second-order valence-electron chi connectivity index (χ2n) is 7.04. The van der Waals surface area contributed by atoms with Gasteiger partial charge < -0.3 is 4.42 Å². The molecule has 0 fully saturated rings. The van der Waals surface area contributed by atoms with Crippen LogP contribution in [-0.4, -0.2) is 20.7 Å². The van der Waals surface area contributed by atoms with Crippen LogP contribution in [0.1, 0.15) is 10.4 Å². The second kappa shape index (κ2) is 8.53. The zero-order chi connectivity index (χ0) is 21.9. The van der Waals surface area contributed by atoms with E-state index in [4.69, 9.17) is 16.0 Å². The van der Waals surface area contributed by atoms with Gasteiger partial charge in [-0.05, 0) is 24.3 Å². The number of amides is 1. The number of carbonyl (C=O) groups excluding carboxylic acids is 1. The van der Waals surface area contributed by atoms with Gasteiger partial charge in [0.1, 0.15) is 17.7 Å². The molecule has 1 N–H and O–H groups in total. The fraction of sp³-hybridized carbons (Fsp3) is 0. The fourth-order valence-corrected chi connectivity index (χ4v) is 3.44. The van der Waals surface area contributed by atoms with Gasteiger partial charge in [0.05, 0.1) is 11.3 Å². The van der Waals surface area contributed by atoms with Crippen LogP contribution < -0.4 is 5.32 Å². The van der Waals surface area contributed by atoms with Crippen LogP contribution in [0.2, 0.25) is 5.02 Å². The van der Waals surface area contributed by atoms with Crippen molar-refractivity contribution in [2.45, 2.75) is 0 Å². The maximum atomic E-state index is 13.2. The van der Waals surface area contributed by atoms with Crippen LogP contribution in [0.15, 0.2) is 102 Å². The fourth-order valence-electron chi connectivity index (χ4n) is 3.31. The smallest absolute Gasteiger partial charge is 0.302 e. The molecule has 5 rings (SSSR count). The van der Waals surface area contributed by atoms with Crippen LogP contribution in [0.25, 0.3) is 28.2 Å². The summed E-state index contributed by atoms with van der Waals surface area (Å²) in [6.07, 6.45) is 3.19. The van der Waals surface area contributed by atoms with Crippen molar-refractivity contribution in [1.29, 1.82) is 0 Å². The molecule has 32 heavy (non-hydrogen) atoms. The van der Waals surface area contributed by atoms with Gasteiger partial charge in [0.2, 0.25) is 0 Å². The number of halogens is 1. The number of oxazole rings is 1. The van der Waals surface area contributed by atoms with Crippen molar-refractivity contribution >= 4 is 23.5 Å². The lowest BCUT2D eigenvalue weighted by Gasteiger charge is -2.02. The summed E-state index contributed by atoms with van der Waals surface area (Å²) in [7, 11) is 0. The Bertz CT molecular complexity index is 1360. The number of para-hydroxylation sites is 1. The molecular weight excluding hydrogens is 424 g/mol. The summed E-state index contributed by atoms with van der Waals surface area (Å²) in [6.45, 7) is 0. The monoisotopic (exact) mass is 440 g/mol. The predicted molar refractivity (Wildman–Crippen MR) is 124 cm³/mol. The molecule has 0 aliphatic carbocycles. The molecule has 0 bridgehead atoms. The Kier molecular flexibility index (Phi) is 5.27. The molecule has 0 saturated carbocycles. The van der Waals surface area contributed by atoms with Gasteiger partial charge in [-0.1, -0.05) is 72.3 Å². The second-order valence-corrected chi connectivity index (χ2v) is 7.47. The lowest BCUT2D eigenvalue weighted by atomic mass is 10.1. The van der Waals surface area contributed by atoms with Gasteiger partial charge in [-0.2, -0.15) is 10.1 Å². The number of aromatic nitrogens is 3. The Hall–Kier alpha value is -4.16. The molecule has 2 aromatic heterocycles. The number of hydrogen-bond acceptors (Lipinski definition) is 4. The highest BCUT2D eigenvalue weighted by atomic mass is 35.5. The molecule has 0 saturated heterocycles. The standard InChI is InChI=1S/C25H17ClN4O2/c26-19-13-11-17(12-14-19)22-16-32-25(27-22)28-24(31)21-15-30(20-9-5-2-6-10-20)29-23(21)18-7-3-1-4-8-18/h1-16H,(H,27,28,31). The molecule has 5 aromatic rings. The van der Waals surface area contributed by atoms with Gasteiger partial charge in [0.25, 0.3) is 5.91 Å². The van der Waals surface area contributed by atoms with Crippen LogP contribution in [0.3, 0.4) is 0 Å². The number of benzene rings is 3. The Morgan fingerprint density at radius 3 is 2.28 bits per heavy atom. The third-order valence-corrected chi connectivity index (χ3v) is 5.14. The van der Waals surface area contributed by atoms with Crippen molar-refractivity contribution < 1.29 is 9.21 Å². The van der Waals surface area contributed by atoms with Crippen LogP contribution in [0.4, 0.5) is 6.01 Å². The first-order valence-corrected chi connectivity index (χ1v) is 10.3. The zero-order valence-electron chi connectivity index (χ0n) is 16.8. The van der Waals surface area contributed by atoms with Crippen molar-refractivity contribution in [2.75, 3.05) is 5.32 Å². The van der Waals surface area contributed by atoms with E-state index in [1.54, 1.807) is 23.0 Å². The van der Waals surface area contributed by atoms with Crippen LogP contribution in [0.5, 0.6) is 0 Å². The summed E-state index contributed by atoms with van der Waals surface area (Å²) < 4.78 is 7.16. The number of anilines is 1. The van der Waals surface area contributed by atoms with Crippen molar-refractivity contribution in [3.05, 3.63) is 108 Å². The van der Waals surface area contributed by atoms with Crippen LogP contribution in [0, 0.1) is 0 Å². The highest BCUT2D eigenvalue weighted by Crippen LogP contribution is 2.26. The number of carbonyl (C=O) groups is 1. The molecule has 1 amide bonds. The van der Waals surface area contributed by atoms with Gasteiger partial charge in [0, 0.05) is 22.3 Å². The topological polar surface area (TPSA) is 73.0 Å². The Balaban J connectivity index is 1.47. The first-order valence-electron chi connectivity index (χ1n) is 9.91. The van der Waals surface area contributed by atoms with Gasteiger partial charge in [0.15, 0.2) is 0 Å². The Morgan fingerprint density at radius 2 is 1.56 bits per heavy atom. The van der Waals surface area contributed by atoms with E-state index < -0.39 is 0 Å². The number of nitrogens with one attached hydrogen (secondary N) is 1. The van der Waals surface area contributed by atoms with Gasteiger partial charge >= 0.3 is 6.01 Å². The number of rotatable bonds is 5. The van der Waals surface area contributed by atoms with Crippen molar-refractivity contribution in [2.24, 2.45) is 0 Å². The maximum absolute atomic E-state index is 13.2. The molecule has 0 spiro atoms. The first kappa shape index (κ1) is 19.8. The minimum absolute atomic E-state index is 0.103. The summed E-state index contributed by atoms with van der Waals surface area (Å²) >= 11 is 5.94. The molecule has 0 atom stereocenters. The zero-order valence-corrected chi connectivity index (χ0v) is 17.5. The SMILES string of the molecule is O=C(Nc1nc(-c2ccc(Cl)cc2)co1)c1cn(-c2ccccc2)nc1-c1ccccc1. The predicted octanol–water partition coefficient (Wildman–Crippen LogP) is 6.10. The summed E-state index contributed by atoms with van der Waals surface area (Å²) in [5.74, 6) is -0.365. The van der Waals surface area contributed by atoms with Crippen molar-refractivity contribution in [1.82, 2.24) is 14.8 Å². The summed E-state index contributed by atoms with van der Waals surface area (Å²) in [4.78, 5) is 17.5. The Labute approximate surface area is 189 Å². The summed E-state index contributed by atoms with van der Waals surface area (Å²) in [5, 5.41) is 8.04. The third-order valence-electron chi connectivity index (χ3n) is 4.89. The normalized spacial score (nSPS) is 10.8. The lowest BCUT2D eigenvalue weighted by Crippen LogP contribution is -2.12. The summed E-state index contributed by atoms with van der Waals surface area (Å²) in [6, 6.07) is 26.5. The molecule has 0 unspecified atom stereocenters. The minimum atomic E-state index is -0.365. The highest BCUT2D eigenvalue weighted by molar-refractivity contribution is 6.30. The third kappa shape index (κ3) is 4.04. The quantitative estimate of drug-likeness (QED) is 0.358. The van der Waals surface area contributed by atoms with E-state index in [-0.39, 0.29) is 11.9 Å². The molecule has 7 heteroatoms. The molecular formula is C25H17ClN4O2. The van der Waals surface area contributed by atoms with Gasteiger partial charge in [-0.15, -0.1) is 0 Å². The minimum Gasteiger partial charge on any atom is -0.431 e. The Morgan fingerprint density at radius 1 is 0.875 bits per heavy atom. The van der Waals surface area contributed by atoms with E-state index in [2.05, 4.69) is 15.4 Å².